The first kappa shape index (κ1) is 13.5. The quantitative estimate of drug-likeness (QED) is 0.886. The number of hydrogen-bond donors (Lipinski definition) is 1. The number of anilines is 1. The standard InChI is InChI=1S/C15H9ClF3NO2/c16-10-2-1-3-12(22-15(17,18)19)14(10)8-4-5-11-9(6-8)7-13(21)20-11/h1-6H,7H2,(H,20,21)/i4T. The van der Waals surface area contributed by atoms with Crippen molar-refractivity contribution in [3.63, 3.8) is 0 Å². The molecular weight excluding hydrogens is 319 g/mol. The van der Waals surface area contributed by atoms with Crippen molar-refractivity contribution in [3.05, 3.63) is 47.0 Å². The summed E-state index contributed by atoms with van der Waals surface area (Å²) in [6, 6.07) is 6.68. The number of fused-ring (bicyclic) bond motifs is 1. The highest BCUT2D eigenvalue weighted by atomic mass is 35.5. The Hall–Kier alpha value is -2.21. The Kier molecular flexibility index (Phi) is 3.18. The van der Waals surface area contributed by atoms with Crippen LogP contribution in [0.3, 0.4) is 0 Å². The van der Waals surface area contributed by atoms with Crippen LogP contribution in [0.25, 0.3) is 11.1 Å². The number of halogens is 4. The molecule has 0 aromatic heterocycles. The van der Waals surface area contributed by atoms with Gasteiger partial charge in [-0.25, -0.2) is 0 Å². The van der Waals surface area contributed by atoms with Gasteiger partial charge in [0, 0.05) is 11.3 Å². The Morgan fingerprint density at radius 1 is 1.32 bits per heavy atom. The lowest BCUT2D eigenvalue weighted by molar-refractivity contribution is -0.274. The zero-order valence-corrected chi connectivity index (χ0v) is 11.7. The van der Waals surface area contributed by atoms with Crippen molar-refractivity contribution in [2.45, 2.75) is 12.8 Å². The van der Waals surface area contributed by atoms with Crippen molar-refractivity contribution >= 4 is 23.2 Å². The summed E-state index contributed by atoms with van der Waals surface area (Å²) in [6.07, 6.45) is -4.78. The highest BCUT2D eigenvalue weighted by Gasteiger charge is 2.32. The number of alkyl halides is 3. The van der Waals surface area contributed by atoms with E-state index in [1.165, 1.54) is 24.3 Å². The second-order valence-corrected chi connectivity index (χ2v) is 5.08. The lowest BCUT2D eigenvalue weighted by Crippen LogP contribution is -2.17. The summed E-state index contributed by atoms with van der Waals surface area (Å²) in [4.78, 5) is 11.4. The maximum Gasteiger partial charge on any atom is 0.573 e. The molecule has 2 aromatic rings. The van der Waals surface area contributed by atoms with Gasteiger partial charge in [-0.15, -0.1) is 13.2 Å². The average molecular weight is 330 g/mol. The van der Waals surface area contributed by atoms with E-state index in [1.54, 1.807) is 0 Å². The van der Waals surface area contributed by atoms with Crippen LogP contribution < -0.4 is 10.1 Å². The number of benzene rings is 2. The van der Waals surface area contributed by atoms with Crippen molar-refractivity contribution in [1.29, 1.82) is 0 Å². The molecule has 1 aliphatic rings. The monoisotopic (exact) mass is 329 g/mol. The summed E-state index contributed by atoms with van der Waals surface area (Å²) < 4.78 is 49.8. The maximum atomic E-state index is 12.6. The topological polar surface area (TPSA) is 38.3 Å². The van der Waals surface area contributed by atoms with E-state index in [9.17, 15) is 18.0 Å². The summed E-state index contributed by atoms with van der Waals surface area (Å²) in [5.74, 6) is -0.724. The van der Waals surface area contributed by atoms with Crippen LogP contribution >= 0.6 is 11.6 Å². The van der Waals surface area contributed by atoms with Crippen molar-refractivity contribution in [2.75, 3.05) is 5.32 Å². The van der Waals surface area contributed by atoms with Gasteiger partial charge in [0.1, 0.15) is 5.75 Å². The van der Waals surface area contributed by atoms with Crippen LogP contribution in [0.15, 0.2) is 36.4 Å². The molecule has 0 unspecified atom stereocenters. The van der Waals surface area contributed by atoms with Gasteiger partial charge in [0.2, 0.25) is 5.91 Å². The summed E-state index contributed by atoms with van der Waals surface area (Å²) >= 11 is 6.03. The fraction of sp³-hybridized carbons (Fsp3) is 0.133. The minimum Gasteiger partial charge on any atom is -0.405 e. The van der Waals surface area contributed by atoms with Crippen LogP contribution in [-0.4, -0.2) is 12.3 Å². The number of rotatable bonds is 2. The number of hydrogen-bond acceptors (Lipinski definition) is 2. The molecule has 1 heterocycles. The molecule has 1 aliphatic heterocycles. The van der Waals surface area contributed by atoms with Gasteiger partial charge in [-0.2, -0.15) is 0 Å². The van der Waals surface area contributed by atoms with E-state index in [2.05, 4.69) is 10.1 Å². The summed E-state index contributed by atoms with van der Waals surface area (Å²) in [6.45, 7) is 0. The third kappa shape index (κ3) is 2.87. The molecule has 3 nitrogen and oxygen atoms in total. The van der Waals surface area contributed by atoms with E-state index in [0.29, 0.717) is 11.3 Å². The molecule has 0 bridgehead atoms. The van der Waals surface area contributed by atoms with Gasteiger partial charge in [-0.1, -0.05) is 23.7 Å². The zero-order valence-electron chi connectivity index (χ0n) is 11.9. The Morgan fingerprint density at radius 2 is 2.09 bits per heavy atom. The molecule has 0 saturated carbocycles. The van der Waals surface area contributed by atoms with Gasteiger partial charge in [0.15, 0.2) is 0 Å². The third-order valence-corrected chi connectivity index (χ3v) is 3.45. The van der Waals surface area contributed by atoms with E-state index < -0.39 is 12.1 Å². The largest absolute Gasteiger partial charge is 0.573 e. The first-order chi connectivity index (χ1) is 10.7. The van der Waals surface area contributed by atoms with Gasteiger partial charge < -0.3 is 10.1 Å². The molecule has 1 amide bonds. The Bertz CT molecular complexity index is 808. The van der Waals surface area contributed by atoms with E-state index >= 15 is 0 Å². The van der Waals surface area contributed by atoms with Crippen molar-refractivity contribution in [3.8, 4) is 16.9 Å². The highest BCUT2D eigenvalue weighted by molar-refractivity contribution is 6.33. The molecule has 0 radical (unpaired) electrons. The maximum absolute atomic E-state index is 12.6. The summed E-state index contributed by atoms with van der Waals surface area (Å²) in [7, 11) is 0. The van der Waals surface area contributed by atoms with E-state index in [4.69, 9.17) is 13.0 Å². The van der Waals surface area contributed by atoms with Crippen molar-refractivity contribution < 1.29 is 24.1 Å². The minimum atomic E-state index is -4.88. The number of nitrogens with one attached hydrogen (secondary N) is 1. The smallest absolute Gasteiger partial charge is 0.405 e. The SMILES string of the molecule is [3H]c1cc2c(cc1-c1c(Cl)cccc1OC(F)(F)F)CC(=O)N2. The van der Waals surface area contributed by atoms with E-state index in [1.807, 2.05) is 0 Å². The Labute approximate surface area is 130 Å². The fourth-order valence-electron chi connectivity index (χ4n) is 2.29. The van der Waals surface area contributed by atoms with Crippen LogP contribution in [0.4, 0.5) is 18.9 Å². The highest BCUT2D eigenvalue weighted by Crippen LogP contribution is 2.40. The molecular formula is C15H9ClF3NO2. The van der Waals surface area contributed by atoms with Gasteiger partial charge in [-0.05, 0) is 35.4 Å². The Morgan fingerprint density at radius 3 is 2.82 bits per heavy atom. The first-order valence-electron chi connectivity index (χ1n) is 6.72. The van der Waals surface area contributed by atoms with Crippen LogP contribution in [0.2, 0.25) is 5.02 Å². The average Bonchev–Trinajstić information content (AvgIpc) is 2.76. The fourth-order valence-corrected chi connectivity index (χ4v) is 2.55. The second-order valence-electron chi connectivity index (χ2n) is 4.67. The van der Waals surface area contributed by atoms with E-state index in [0.717, 1.165) is 6.07 Å². The Balaban J connectivity index is 2.16. The lowest BCUT2D eigenvalue weighted by atomic mass is 10.0. The number of carbonyl (C=O) groups excluding carboxylic acids is 1. The van der Waals surface area contributed by atoms with Crippen molar-refractivity contribution in [2.24, 2.45) is 0 Å². The predicted molar refractivity (Wildman–Crippen MR) is 75.9 cm³/mol. The number of carbonyl (C=O) groups is 1. The molecule has 0 fully saturated rings. The third-order valence-electron chi connectivity index (χ3n) is 3.13. The number of ether oxygens (including phenoxy) is 1. The van der Waals surface area contributed by atoms with E-state index in [-0.39, 0.29) is 34.5 Å². The molecule has 114 valence electrons. The molecule has 1 N–H and O–H groups in total. The molecule has 0 atom stereocenters. The second kappa shape index (κ2) is 5.21. The van der Waals surface area contributed by atoms with Crippen molar-refractivity contribution in [1.82, 2.24) is 0 Å². The number of amides is 1. The normalized spacial score (nSPS) is 14.4. The first-order valence-corrected chi connectivity index (χ1v) is 6.60. The zero-order chi connectivity index (χ0) is 16.8. The van der Waals surface area contributed by atoms with Crippen LogP contribution in [-0.2, 0) is 11.2 Å². The molecule has 3 rings (SSSR count). The van der Waals surface area contributed by atoms with Crippen LogP contribution in [0, 0.1) is 0 Å². The molecule has 0 aliphatic carbocycles. The molecule has 2 aromatic carbocycles. The van der Waals surface area contributed by atoms with Gasteiger partial charge in [0.25, 0.3) is 0 Å². The summed E-state index contributed by atoms with van der Waals surface area (Å²) in [5, 5.41) is 2.61. The molecule has 22 heavy (non-hydrogen) atoms. The van der Waals surface area contributed by atoms with Gasteiger partial charge in [0.05, 0.1) is 12.8 Å². The van der Waals surface area contributed by atoms with Crippen LogP contribution in [0.5, 0.6) is 5.75 Å². The lowest BCUT2D eigenvalue weighted by Gasteiger charge is -2.15. The summed E-state index contributed by atoms with van der Waals surface area (Å²) in [5.41, 5.74) is 1.22. The van der Waals surface area contributed by atoms with Crippen LogP contribution in [0.1, 0.15) is 6.93 Å². The van der Waals surface area contributed by atoms with Gasteiger partial charge in [-0.3, -0.25) is 4.79 Å². The molecule has 0 spiro atoms. The predicted octanol–water partition coefficient (Wildman–Crippen LogP) is 4.40. The molecule has 7 heteroatoms. The minimum absolute atomic E-state index is 0.0254. The van der Waals surface area contributed by atoms with Gasteiger partial charge >= 0.3 is 6.36 Å². The molecule has 0 saturated heterocycles.